The quantitative estimate of drug-likeness (QED) is 0.838. The van der Waals surface area contributed by atoms with Crippen molar-refractivity contribution in [3.8, 4) is 0 Å². The van der Waals surface area contributed by atoms with Crippen molar-refractivity contribution in [1.29, 1.82) is 0 Å². The molecule has 0 spiro atoms. The summed E-state index contributed by atoms with van der Waals surface area (Å²) in [5, 5.41) is 10.1. The van der Waals surface area contributed by atoms with E-state index >= 15 is 0 Å². The van der Waals surface area contributed by atoms with Gasteiger partial charge in [0, 0.05) is 9.86 Å². The zero-order valence-electron chi connectivity index (χ0n) is 6.84. The third-order valence-electron chi connectivity index (χ3n) is 1.92. The smallest absolute Gasteiger partial charge is 0.352 e. The Hall–Kier alpha value is -1.00. The van der Waals surface area contributed by atoms with E-state index in [9.17, 15) is 4.79 Å². The number of aromatic nitrogens is 1. The molecular formula is C9H5BrClNO2. The molecule has 0 unspecified atom stereocenters. The lowest BCUT2D eigenvalue weighted by atomic mass is 10.2. The first-order valence-electron chi connectivity index (χ1n) is 3.79. The SMILES string of the molecule is O=C(O)c1cc2c(Br)ccc(Cl)c2[nH]1. The van der Waals surface area contributed by atoms with Crippen LogP contribution in [0.5, 0.6) is 0 Å². The molecule has 0 bridgehead atoms. The minimum absolute atomic E-state index is 0.133. The Morgan fingerprint density at radius 1 is 1.50 bits per heavy atom. The number of hydrogen-bond acceptors (Lipinski definition) is 1. The van der Waals surface area contributed by atoms with Crippen LogP contribution in [-0.4, -0.2) is 16.1 Å². The van der Waals surface area contributed by atoms with Gasteiger partial charge in [0.2, 0.25) is 0 Å². The molecular weight excluding hydrogens is 269 g/mol. The van der Waals surface area contributed by atoms with E-state index in [1.807, 2.05) is 0 Å². The number of aromatic carboxylic acids is 1. The molecule has 0 aliphatic carbocycles. The predicted octanol–water partition coefficient (Wildman–Crippen LogP) is 3.28. The lowest BCUT2D eigenvalue weighted by molar-refractivity contribution is 0.0691. The average molecular weight is 275 g/mol. The monoisotopic (exact) mass is 273 g/mol. The number of carboxylic acids is 1. The highest BCUT2D eigenvalue weighted by Gasteiger charge is 2.11. The fourth-order valence-corrected chi connectivity index (χ4v) is 1.92. The maximum Gasteiger partial charge on any atom is 0.352 e. The summed E-state index contributed by atoms with van der Waals surface area (Å²) in [5.74, 6) is -0.996. The highest BCUT2D eigenvalue weighted by atomic mass is 79.9. The predicted molar refractivity (Wildman–Crippen MR) is 58.0 cm³/mol. The molecule has 1 aromatic heterocycles. The maximum absolute atomic E-state index is 10.7. The number of halogens is 2. The van der Waals surface area contributed by atoms with Gasteiger partial charge >= 0.3 is 5.97 Å². The molecule has 14 heavy (non-hydrogen) atoms. The van der Waals surface area contributed by atoms with Gasteiger partial charge in [-0.25, -0.2) is 4.79 Å². The summed E-state index contributed by atoms with van der Waals surface area (Å²) >= 11 is 9.22. The van der Waals surface area contributed by atoms with Crippen LogP contribution in [0, 0.1) is 0 Å². The third-order valence-corrected chi connectivity index (χ3v) is 2.93. The second kappa shape index (κ2) is 3.29. The van der Waals surface area contributed by atoms with Crippen molar-refractivity contribution in [1.82, 2.24) is 4.98 Å². The number of nitrogens with one attached hydrogen (secondary N) is 1. The van der Waals surface area contributed by atoms with Crippen molar-refractivity contribution in [2.75, 3.05) is 0 Å². The van der Waals surface area contributed by atoms with Crippen LogP contribution in [0.4, 0.5) is 0 Å². The summed E-state index contributed by atoms with van der Waals surface area (Å²) in [5.41, 5.74) is 0.771. The summed E-state index contributed by atoms with van der Waals surface area (Å²) in [7, 11) is 0. The van der Waals surface area contributed by atoms with Crippen molar-refractivity contribution in [3.63, 3.8) is 0 Å². The standard InChI is InChI=1S/C9H5BrClNO2/c10-5-1-2-6(11)8-4(5)3-7(12-8)9(13)14/h1-3,12H,(H,13,14). The molecule has 0 amide bonds. The van der Waals surface area contributed by atoms with Crippen LogP contribution in [0.25, 0.3) is 10.9 Å². The second-order valence-electron chi connectivity index (χ2n) is 2.81. The molecule has 0 aliphatic rings. The molecule has 1 aromatic carbocycles. The average Bonchev–Trinajstić information content (AvgIpc) is 2.57. The molecule has 72 valence electrons. The van der Waals surface area contributed by atoms with E-state index in [1.54, 1.807) is 18.2 Å². The zero-order chi connectivity index (χ0) is 10.3. The van der Waals surface area contributed by atoms with Gasteiger partial charge < -0.3 is 10.1 Å². The van der Waals surface area contributed by atoms with Crippen molar-refractivity contribution in [2.24, 2.45) is 0 Å². The lowest BCUT2D eigenvalue weighted by Crippen LogP contribution is -1.94. The van der Waals surface area contributed by atoms with Gasteiger partial charge in [-0.1, -0.05) is 27.5 Å². The number of benzene rings is 1. The summed E-state index contributed by atoms with van der Waals surface area (Å²) in [4.78, 5) is 13.4. The van der Waals surface area contributed by atoms with E-state index in [1.165, 1.54) is 0 Å². The highest BCUT2D eigenvalue weighted by molar-refractivity contribution is 9.10. The van der Waals surface area contributed by atoms with Crippen molar-refractivity contribution in [2.45, 2.75) is 0 Å². The van der Waals surface area contributed by atoms with Crippen LogP contribution in [0.1, 0.15) is 10.5 Å². The Morgan fingerprint density at radius 3 is 2.79 bits per heavy atom. The van der Waals surface area contributed by atoms with Gasteiger partial charge in [-0.15, -0.1) is 0 Å². The minimum Gasteiger partial charge on any atom is -0.477 e. The molecule has 2 aromatic rings. The topological polar surface area (TPSA) is 53.1 Å². The highest BCUT2D eigenvalue weighted by Crippen LogP contribution is 2.30. The number of carboxylic acid groups (broad SMARTS) is 1. The molecule has 1 heterocycles. The summed E-state index contributed by atoms with van der Waals surface area (Å²) < 4.78 is 0.820. The van der Waals surface area contributed by atoms with Crippen LogP contribution < -0.4 is 0 Å². The Labute approximate surface area is 92.8 Å². The van der Waals surface area contributed by atoms with E-state index in [4.69, 9.17) is 16.7 Å². The summed E-state index contributed by atoms with van der Waals surface area (Å²) in [6, 6.07) is 5.04. The first kappa shape index (κ1) is 9.55. The lowest BCUT2D eigenvalue weighted by Gasteiger charge is -1.95. The molecule has 0 atom stereocenters. The molecule has 0 fully saturated rings. The summed E-state index contributed by atoms with van der Waals surface area (Å²) in [6.45, 7) is 0. The van der Waals surface area contributed by atoms with Crippen molar-refractivity contribution in [3.05, 3.63) is 33.4 Å². The van der Waals surface area contributed by atoms with E-state index in [0.29, 0.717) is 10.5 Å². The van der Waals surface area contributed by atoms with Gasteiger partial charge in [0.15, 0.2) is 0 Å². The molecule has 3 nitrogen and oxygen atoms in total. The van der Waals surface area contributed by atoms with Gasteiger partial charge in [-0.3, -0.25) is 0 Å². The van der Waals surface area contributed by atoms with Gasteiger partial charge in [0.1, 0.15) is 5.69 Å². The second-order valence-corrected chi connectivity index (χ2v) is 4.07. The number of hydrogen-bond donors (Lipinski definition) is 2. The number of rotatable bonds is 1. The van der Waals surface area contributed by atoms with Crippen LogP contribution in [-0.2, 0) is 0 Å². The maximum atomic E-state index is 10.7. The van der Waals surface area contributed by atoms with Gasteiger partial charge in [0.25, 0.3) is 0 Å². The van der Waals surface area contributed by atoms with Crippen LogP contribution >= 0.6 is 27.5 Å². The molecule has 2 rings (SSSR count). The number of fused-ring (bicyclic) bond motifs is 1. The van der Waals surface area contributed by atoms with Gasteiger partial charge in [0.05, 0.1) is 10.5 Å². The first-order valence-corrected chi connectivity index (χ1v) is 4.96. The molecule has 5 heteroatoms. The molecule has 0 aliphatic heterocycles. The largest absolute Gasteiger partial charge is 0.477 e. The molecule has 2 N–H and O–H groups in total. The van der Waals surface area contributed by atoms with E-state index in [2.05, 4.69) is 20.9 Å². The fraction of sp³-hybridized carbons (Fsp3) is 0. The summed E-state index contributed by atoms with van der Waals surface area (Å²) in [6.07, 6.45) is 0. The van der Waals surface area contributed by atoms with Crippen LogP contribution in [0.3, 0.4) is 0 Å². The molecule has 0 saturated heterocycles. The van der Waals surface area contributed by atoms with Crippen LogP contribution in [0.15, 0.2) is 22.7 Å². The zero-order valence-corrected chi connectivity index (χ0v) is 9.19. The van der Waals surface area contributed by atoms with E-state index in [-0.39, 0.29) is 5.69 Å². The third kappa shape index (κ3) is 1.40. The van der Waals surface area contributed by atoms with Gasteiger partial charge in [-0.2, -0.15) is 0 Å². The molecule has 0 radical (unpaired) electrons. The van der Waals surface area contributed by atoms with Crippen molar-refractivity contribution < 1.29 is 9.90 Å². The Bertz CT molecular complexity index is 482. The Kier molecular flexibility index (Phi) is 2.25. The van der Waals surface area contributed by atoms with Gasteiger partial charge in [-0.05, 0) is 18.2 Å². The van der Waals surface area contributed by atoms with Crippen molar-refractivity contribution >= 4 is 44.4 Å². The minimum atomic E-state index is -0.996. The normalized spacial score (nSPS) is 10.7. The number of aromatic amines is 1. The van der Waals surface area contributed by atoms with E-state index in [0.717, 1.165) is 9.86 Å². The number of carbonyl (C=O) groups is 1. The first-order chi connectivity index (χ1) is 6.59. The fourth-order valence-electron chi connectivity index (χ4n) is 1.27. The van der Waals surface area contributed by atoms with E-state index < -0.39 is 5.97 Å². The van der Waals surface area contributed by atoms with Crippen LogP contribution in [0.2, 0.25) is 5.02 Å². The Balaban J connectivity index is 2.82. The number of H-pyrrole nitrogens is 1. The molecule has 0 saturated carbocycles. The Morgan fingerprint density at radius 2 is 2.21 bits per heavy atom.